The van der Waals surface area contributed by atoms with E-state index in [1.165, 1.54) is 12.1 Å². The highest BCUT2D eigenvalue weighted by Gasteiger charge is 2.22. The molecule has 2 aromatic carbocycles. The molecule has 0 spiro atoms. The van der Waals surface area contributed by atoms with Gasteiger partial charge in [0.15, 0.2) is 16.6 Å². The maximum Gasteiger partial charge on any atom is 0.269 e. The van der Waals surface area contributed by atoms with Gasteiger partial charge < -0.3 is 24.8 Å². The number of nitrogens with zero attached hydrogens (tertiary/aromatic N) is 1. The zero-order valence-corrected chi connectivity index (χ0v) is 16.3. The van der Waals surface area contributed by atoms with E-state index in [1.54, 1.807) is 33.5 Å². The standard InChI is InChI=1S/C19H19N3O5S/c1-25-16-8-12(9-17(26-2)18(16)27-3)15-10-14(20-19(28)21-15)11-4-6-13(7-5-11)22(23)24/h4-10,14H,1-3H3,(H2,20,21,28). The molecule has 0 amide bonds. The number of hydrogen-bond acceptors (Lipinski definition) is 6. The van der Waals surface area contributed by atoms with Crippen molar-refractivity contribution in [3.63, 3.8) is 0 Å². The molecular formula is C19H19N3O5S. The van der Waals surface area contributed by atoms with E-state index < -0.39 is 4.92 Å². The molecule has 1 unspecified atom stereocenters. The highest BCUT2D eigenvalue weighted by Crippen LogP contribution is 2.40. The second-order valence-corrected chi connectivity index (χ2v) is 6.33. The van der Waals surface area contributed by atoms with E-state index in [0.717, 1.165) is 16.8 Å². The first kappa shape index (κ1) is 19.4. The van der Waals surface area contributed by atoms with Crippen LogP contribution < -0.4 is 24.8 Å². The molecule has 2 N–H and O–H groups in total. The monoisotopic (exact) mass is 401 g/mol. The van der Waals surface area contributed by atoms with Crippen LogP contribution in [0.2, 0.25) is 0 Å². The Balaban J connectivity index is 2.01. The Kier molecular flexibility index (Phi) is 5.65. The van der Waals surface area contributed by atoms with Gasteiger partial charge in [-0.05, 0) is 48.1 Å². The van der Waals surface area contributed by atoms with Crippen LogP contribution in [-0.4, -0.2) is 31.4 Å². The highest BCUT2D eigenvalue weighted by molar-refractivity contribution is 7.80. The zero-order chi connectivity index (χ0) is 20.3. The van der Waals surface area contributed by atoms with Gasteiger partial charge in [0.05, 0.1) is 32.3 Å². The first-order valence-electron chi connectivity index (χ1n) is 8.31. The molecule has 1 aliphatic rings. The Morgan fingerprint density at radius 1 is 1.04 bits per heavy atom. The first-order chi connectivity index (χ1) is 13.5. The Hall–Kier alpha value is -3.33. The van der Waals surface area contributed by atoms with Crippen molar-refractivity contribution < 1.29 is 19.1 Å². The van der Waals surface area contributed by atoms with E-state index in [4.69, 9.17) is 26.4 Å². The van der Waals surface area contributed by atoms with Gasteiger partial charge in [0.1, 0.15) is 0 Å². The summed E-state index contributed by atoms with van der Waals surface area (Å²) in [6.45, 7) is 0. The molecule has 0 aromatic heterocycles. The van der Waals surface area contributed by atoms with Crippen molar-refractivity contribution in [2.75, 3.05) is 21.3 Å². The van der Waals surface area contributed by atoms with Gasteiger partial charge in [0, 0.05) is 23.4 Å². The largest absolute Gasteiger partial charge is 0.493 e. The van der Waals surface area contributed by atoms with Crippen LogP contribution in [0.25, 0.3) is 5.70 Å². The van der Waals surface area contributed by atoms with Crippen LogP contribution in [0.15, 0.2) is 42.5 Å². The minimum Gasteiger partial charge on any atom is -0.493 e. The lowest BCUT2D eigenvalue weighted by Crippen LogP contribution is -2.40. The van der Waals surface area contributed by atoms with E-state index >= 15 is 0 Å². The fraction of sp³-hybridized carbons (Fsp3) is 0.211. The lowest BCUT2D eigenvalue weighted by Gasteiger charge is -2.27. The third kappa shape index (κ3) is 3.84. The van der Waals surface area contributed by atoms with Crippen molar-refractivity contribution in [3.8, 4) is 17.2 Å². The highest BCUT2D eigenvalue weighted by atomic mass is 32.1. The molecule has 0 saturated heterocycles. The number of hydrogen-bond donors (Lipinski definition) is 2. The molecule has 8 nitrogen and oxygen atoms in total. The molecule has 3 rings (SSSR count). The Morgan fingerprint density at radius 3 is 2.14 bits per heavy atom. The summed E-state index contributed by atoms with van der Waals surface area (Å²) in [6.07, 6.45) is 1.94. The topological polar surface area (TPSA) is 94.9 Å². The number of nitro groups is 1. The maximum atomic E-state index is 10.9. The average Bonchev–Trinajstić information content (AvgIpc) is 2.72. The average molecular weight is 401 g/mol. The second-order valence-electron chi connectivity index (χ2n) is 5.92. The molecule has 146 valence electrons. The van der Waals surface area contributed by atoms with Gasteiger partial charge in [-0.2, -0.15) is 0 Å². The number of benzene rings is 2. The van der Waals surface area contributed by atoms with Crippen LogP contribution in [0.4, 0.5) is 5.69 Å². The zero-order valence-electron chi connectivity index (χ0n) is 15.5. The van der Waals surface area contributed by atoms with Crippen LogP contribution in [-0.2, 0) is 0 Å². The molecular weight excluding hydrogens is 382 g/mol. The van der Waals surface area contributed by atoms with Crippen molar-refractivity contribution in [2.24, 2.45) is 0 Å². The minimum atomic E-state index is -0.429. The molecule has 0 aliphatic carbocycles. The molecule has 28 heavy (non-hydrogen) atoms. The van der Waals surface area contributed by atoms with Crippen molar-refractivity contribution in [1.82, 2.24) is 10.6 Å². The Bertz CT molecular complexity index is 918. The SMILES string of the molecule is COc1cc(C2=CC(c3ccc([N+](=O)[O-])cc3)NC(=S)N2)cc(OC)c1OC. The third-order valence-electron chi connectivity index (χ3n) is 4.31. The molecule has 9 heteroatoms. The Labute approximate surface area is 167 Å². The van der Waals surface area contributed by atoms with Crippen LogP contribution >= 0.6 is 12.2 Å². The lowest BCUT2D eigenvalue weighted by atomic mass is 10.0. The predicted molar refractivity (Wildman–Crippen MR) is 109 cm³/mol. The lowest BCUT2D eigenvalue weighted by molar-refractivity contribution is -0.384. The number of nitro benzene ring substituents is 1. The number of ether oxygens (including phenoxy) is 3. The summed E-state index contributed by atoms with van der Waals surface area (Å²) in [5.41, 5.74) is 2.44. The number of nitrogens with one attached hydrogen (secondary N) is 2. The van der Waals surface area contributed by atoms with Gasteiger partial charge in [-0.15, -0.1) is 0 Å². The molecule has 1 heterocycles. The van der Waals surface area contributed by atoms with Crippen molar-refractivity contribution in [3.05, 3.63) is 63.7 Å². The van der Waals surface area contributed by atoms with Gasteiger partial charge >= 0.3 is 0 Å². The van der Waals surface area contributed by atoms with Crippen molar-refractivity contribution in [2.45, 2.75) is 6.04 Å². The summed E-state index contributed by atoms with van der Waals surface area (Å²) in [5.74, 6) is 1.55. The minimum absolute atomic E-state index is 0.0362. The second kappa shape index (κ2) is 8.13. The van der Waals surface area contributed by atoms with Crippen LogP contribution in [0, 0.1) is 10.1 Å². The van der Waals surface area contributed by atoms with Crippen LogP contribution in [0.3, 0.4) is 0 Å². The fourth-order valence-corrected chi connectivity index (χ4v) is 3.17. The summed E-state index contributed by atoms with van der Waals surface area (Å²) < 4.78 is 16.2. The predicted octanol–water partition coefficient (Wildman–Crippen LogP) is 3.18. The van der Waals surface area contributed by atoms with Crippen molar-refractivity contribution in [1.29, 1.82) is 0 Å². The number of thiocarbonyl (C=S) groups is 1. The molecule has 1 atom stereocenters. The van der Waals surface area contributed by atoms with Crippen molar-refractivity contribution >= 4 is 28.7 Å². The molecule has 0 fully saturated rings. The molecule has 0 bridgehead atoms. The number of non-ortho nitro benzene ring substituents is 1. The fourth-order valence-electron chi connectivity index (χ4n) is 2.94. The van der Waals surface area contributed by atoms with Gasteiger partial charge in [-0.25, -0.2) is 0 Å². The Morgan fingerprint density at radius 2 is 1.64 bits per heavy atom. The van der Waals surface area contributed by atoms with Crippen LogP contribution in [0.1, 0.15) is 17.2 Å². The normalized spacial score (nSPS) is 15.8. The summed E-state index contributed by atoms with van der Waals surface area (Å²) >= 11 is 5.34. The number of methoxy groups -OCH3 is 3. The van der Waals surface area contributed by atoms with E-state index in [2.05, 4.69) is 10.6 Å². The summed E-state index contributed by atoms with van der Waals surface area (Å²) in [7, 11) is 4.65. The van der Waals surface area contributed by atoms with E-state index in [-0.39, 0.29) is 11.7 Å². The molecule has 0 radical (unpaired) electrons. The number of rotatable bonds is 6. The van der Waals surface area contributed by atoms with E-state index in [0.29, 0.717) is 22.4 Å². The molecule has 2 aromatic rings. The van der Waals surface area contributed by atoms with Crippen LogP contribution in [0.5, 0.6) is 17.2 Å². The van der Waals surface area contributed by atoms with E-state index in [1.807, 2.05) is 18.2 Å². The smallest absolute Gasteiger partial charge is 0.269 e. The van der Waals surface area contributed by atoms with Gasteiger partial charge in [-0.1, -0.05) is 0 Å². The first-order valence-corrected chi connectivity index (χ1v) is 8.71. The van der Waals surface area contributed by atoms with Gasteiger partial charge in [0.2, 0.25) is 5.75 Å². The van der Waals surface area contributed by atoms with Gasteiger partial charge in [0.25, 0.3) is 5.69 Å². The summed E-state index contributed by atoms with van der Waals surface area (Å²) in [6, 6.07) is 9.73. The maximum absolute atomic E-state index is 10.9. The van der Waals surface area contributed by atoms with E-state index in [9.17, 15) is 10.1 Å². The quantitative estimate of drug-likeness (QED) is 0.433. The molecule has 0 saturated carbocycles. The van der Waals surface area contributed by atoms with Gasteiger partial charge in [-0.3, -0.25) is 10.1 Å². The summed E-state index contributed by atoms with van der Waals surface area (Å²) in [5, 5.41) is 17.6. The molecule has 1 aliphatic heterocycles. The third-order valence-corrected chi connectivity index (χ3v) is 4.53. The summed E-state index contributed by atoms with van der Waals surface area (Å²) in [4.78, 5) is 10.4.